The minimum atomic E-state index is -3.95. The quantitative estimate of drug-likeness (QED) is 0.902. The number of nitrogens with one attached hydrogen (secondary N) is 1. The summed E-state index contributed by atoms with van der Waals surface area (Å²) < 4.78 is 26.9. The molecule has 2 aromatic rings. The van der Waals surface area contributed by atoms with Crippen molar-refractivity contribution in [2.75, 3.05) is 4.72 Å². The maximum absolute atomic E-state index is 12.3. The first-order valence-corrected chi connectivity index (χ1v) is 7.94. The van der Waals surface area contributed by atoms with Crippen molar-refractivity contribution >= 4 is 33.0 Å². The standard InChI is InChI=1S/C12H12N2O4S2/c1-7-6-19-10(12(15)16)11(7)20(17,18)14-9-4-3-8(2)13-5-9/h3-6,14H,1-2H3,(H,15,16). The van der Waals surface area contributed by atoms with Crippen molar-refractivity contribution in [2.45, 2.75) is 18.7 Å². The molecule has 0 saturated heterocycles. The van der Waals surface area contributed by atoms with E-state index in [0.717, 1.165) is 17.0 Å². The Bertz CT molecular complexity index is 748. The molecular formula is C12H12N2O4S2. The van der Waals surface area contributed by atoms with Crippen LogP contribution in [-0.4, -0.2) is 24.5 Å². The second-order valence-electron chi connectivity index (χ2n) is 4.18. The number of pyridine rings is 1. The number of aromatic carboxylic acids is 1. The smallest absolute Gasteiger partial charge is 0.347 e. The molecule has 0 atom stereocenters. The summed E-state index contributed by atoms with van der Waals surface area (Å²) in [4.78, 5) is 14.7. The van der Waals surface area contributed by atoms with Crippen LogP contribution in [-0.2, 0) is 10.0 Å². The number of hydrogen-bond acceptors (Lipinski definition) is 5. The third kappa shape index (κ3) is 2.81. The van der Waals surface area contributed by atoms with Gasteiger partial charge in [-0.1, -0.05) is 0 Å². The SMILES string of the molecule is Cc1ccc(NS(=O)(=O)c2c(C)csc2C(=O)O)cn1. The molecule has 0 aromatic carbocycles. The highest BCUT2D eigenvalue weighted by Crippen LogP contribution is 2.28. The van der Waals surface area contributed by atoms with Crippen molar-refractivity contribution < 1.29 is 18.3 Å². The molecule has 0 unspecified atom stereocenters. The number of carbonyl (C=O) groups is 1. The fraction of sp³-hybridized carbons (Fsp3) is 0.167. The molecule has 8 heteroatoms. The van der Waals surface area contributed by atoms with Crippen LogP contribution in [0.15, 0.2) is 28.6 Å². The number of carboxylic acid groups (broad SMARTS) is 1. The summed E-state index contributed by atoms with van der Waals surface area (Å²) in [6.07, 6.45) is 1.38. The van der Waals surface area contributed by atoms with E-state index < -0.39 is 16.0 Å². The van der Waals surface area contributed by atoms with Crippen LogP contribution in [0.4, 0.5) is 5.69 Å². The Morgan fingerprint density at radius 2 is 2.05 bits per heavy atom. The number of aromatic nitrogens is 1. The van der Waals surface area contributed by atoms with Crippen LogP contribution < -0.4 is 4.72 Å². The number of hydrogen-bond donors (Lipinski definition) is 2. The van der Waals surface area contributed by atoms with Crippen LogP contribution in [0.3, 0.4) is 0 Å². The van der Waals surface area contributed by atoms with E-state index in [1.165, 1.54) is 11.6 Å². The van der Waals surface area contributed by atoms with Gasteiger partial charge in [0.15, 0.2) is 0 Å². The highest BCUT2D eigenvalue weighted by atomic mass is 32.2. The van der Waals surface area contributed by atoms with Crippen molar-refractivity contribution in [1.82, 2.24) is 4.98 Å². The number of sulfonamides is 1. The van der Waals surface area contributed by atoms with Gasteiger partial charge >= 0.3 is 5.97 Å². The zero-order valence-electron chi connectivity index (χ0n) is 10.7. The molecule has 2 heterocycles. The lowest BCUT2D eigenvalue weighted by atomic mass is 10.3. The zero-order chi connectivity index (χ0) is 14.9. The Morgan fingerprint density at radius 3 is 2.60 bits per heavy atom. The van der Waals surface area contributed by atoms with Crippen molar-refractivity contribution in [3.8, 4) is 0 Å². The van der Waals surface area contributed by atoms with E-state index in [1.807, 2.05) is 0 Å². The third-order valence-electron chi connectivity index (χ3n) is 2.54. The largest absolute Gasteiger partial charge is 0.477 e. The lowest BCUT2D eigenvalue weighted by Gasteiger charge is -2.08. The van der Waals surface area contributed by atoms with E-state index in [4.69, 9.17) is 5.11 Å². The summed E-state index contributed by atoms with van der Waals surface area (Å²) in [5.41, 5.74) is 1.45. The van der Waals surface area contributed by atoms with E-state index in [2.05, 4.69) is 9.71 Å². The van der Waals surface area contributed by atoms with Gasteiger partial charge in [-0.2, -0.15) is 0 Å². The maximum atomic E-state index is 12.3. The van der Waals surface area contributed by atoms with Gasteiger partial charge < -0.3 is 5.11 Å². The van der Waals surface area contributed by atoms with Gasteiger partial charge in [-0.3, -0.25) is 9.71 Å². The van der Waals surface area contributed by atoms with Crippen molar-refractivity contribution in [3.05, 3.63) is 39.8 Å². The topological polar surface area (TPSA) is 96.4 Å². The molecule has 0 saturated carbocycles. The number of carboxylic acids is 1. The minimum absolute atomic E-state index is 0.199. The van der Waals surface area contributed by atoms with Crippen LogP contribution in [0.2, 0.25) is 0 Å². The van der Waals surface area contributed by atoms with Crippen LogP contribution in [0.1, 0.15) is 20.9 Å². The number of thiophene rings is 1. The van der Waals surface area contributed by atoms with Crippen molar-refractivity contribution in [2.24, 2.45) is 0 Å². The van der Waals surface area contributed by atoms with Gasteiger partial charge in [-0.25, -0.2) is 13.2 Å². The summed E-state index contributed by atoms with van der Waals surface area (Å²) in [6.45, 7) is 3.34. The molecular weight excluding hydrogens is 300 g/mol. The van der Waals surface area contributed by atoms with Crippen molar-refractivity contribution in [1.29, 1.82) is 0 Å². The fourth-order valence-electron chi connectivity index (χ4n) is 1.65. The highest BCUT2D eigenvalue weighted by Gasteiger charge is 2.26. The summed E-state index contributed by atoms with van der Waals surface area (Å²) in [7, 11) is -3.95. The van der Waals surface area contributed by atoms with Crippen LogP contribution in [0.25, 0.3) is 0 Å². The predicted molar refractivity (Wildman–Crippen MR) is 75.8 cm³/mol. The summed E-state index contributed by atoms with van der Waals surface area (Å²) in [5.74, 6) is -1.26. The molecule has 0 fully saturated rings. The van der Waals surface area contributed by atoms with Gasteiger partial charge in [0.25, 0.3) is 10.0 Å². The maximum Gasteiger partial charge on any atom is 0.347 e. The Balaban J connectivity index is 2.43. The molecule has 2 N–H and O–H groups in total. The number of anilines is 1. The first kappa shape index (κ1) is 14.5. The average molecular weight is 312 g/mol. The number of aryl methyl sites for hydroxylation is 2. The second-order valence-corrected chi connectivity index (χ2v) is 6.67. The van der Waals surface area contributed by atoms with Crippen LogP contribution >= 0.6 is 11.3 Å². The summed E-state index contributed by atoms with van der Waals surface area (Å²) in [6, 6.07) is 3.23. The van der Waals surface area contributed by atoms with E-state index >= 15 is 0 Å². The fourth-order valence-corrected chi connectivity index (χ4v) is 4.33. The van der Waals surface area contributed by atoms with Gasteiger partial charge in [-0.15, -0.1) is 11.3 Å². The lowest BCUT2D eigenvalue weighted by molar-refractivity contribution is 0.0698. The van der Waals surface area contributed by atoms with Crippen molar-refractivity contribution in [3.63, 3.8) is 0 Å². The van der Waals surface area contributed by atoms with Gasteiger partial charge in [0, 0.05) is 5.69 Å². The Hall–Kier alpha value is -1.93. The first-order valence-electron chi connectivity index (χ1n) is 5.58. The monoisotopic (exact) mass is 312 g/mol. The Kier molecular flexibility index (Phi) is 3.78. The highest BCUT2D eigenvalue weighted by molar-refractivity contribution is 7.93. The summed E-state index contributed by atoms with van der Waals surface area (Å²) >= 11 is 0.890. The van der Waals surface area contributed by atoms with Gasteiger partial charge in [0.05, 0.1) is 11.9 Å². The molecule has 2 aromatic heterocycles. The second kappa shape index (κ2) is 5.22. The number of rotatable bonds is 4. The van der Waals surface area contributed by atoms with Gasteiger partial charge in [0.1, 0.15) is 9.77 Å². The molecule has 0 aliphatic heterocycles. The van der Waals surface area contributed by atoms with E-state index in [0.29, 0.717) is 5.56 Å². The van der Waals surface area contributed by atoms with E-state index in [-0.39, 0.29) is 15.5 Å². The average Bonchev–Trinajstić information content (AvgIpc) is 2.75. The zero-order valence-corrected chi connectivity index (χ0v) is 12.4. The van der Waals surface area contributed by atoms with E-state index in [1.54, 1.807) is 26.0 Å². The molecule has 0 amide bonds. The molecule has 0 aliphatic rings. The van der Waals surface area contributed by atoms with Gasteiger partial charge in [-0.05, 0) is 36.9 Å². The molecule has 0 aliphatic carbocycles. The normalized spacial score (nSPS) is 11.3. The third-order valence-corrected chi connectivity index (χ3v) is 5.33. The molecule has 106 valence electrons. The predicted octanol–water partition coefficient (Wildman–Crippen LogP) is 2.26. The molecule has 0 bridgehead atoms. The van der Waals surface area contributed by atoms with Crippen LogP contribution in [0.5, 0.6) is 0 Å². The number of nitrogens with zero attached hydrogens (tertiary/aromatic N) is 1. The lowest BCUT2D eigenvalue weighted by Crippen LogP contribution is -2.16. The molecule has 0 spiro atoms. The molecule has 20 heavy (non-hydrogen) atoms. The van der Waals surface area contributed by atoms with Crippen LogP contribution in [0, 0.1) is 13.8 Å². The summed E-state index contributed by atoms with van der Waals surface area (Å²) in [5, 5.41) is 10.6. The Labute approximate surface area is 120 Å². The Morgan fingerprint density at radius 1 is 1.35 bits per heavy atom. The van der Waals surface area contributed by atoms with E-state index in [9.17, 15) is 13.2 Å². The van der Waals surface area contributed by atoms with Gasteiger partial charge in [0.2, 0.25) is 0 Å². The first-order chi connectivity index (χ1) is 9.31. The molecule has 0 radical (unpaired) electrons. The molecule has 6 nitrogen and oxygen atoms in total. The molecule has 2 rings (SSSR count). The minimum Gasteiger partial charge on any atom is -0.477 e.